The molecule has 2 aromatic rings. The van der Waals surface area contributed by atoms with Crippen LogP contribution in [-0.4, -0.2) is 11.3 Å². The Morgan fingerprint density at radius 2 is 2.12 bits per heavy atom. The van der Waals surface area contributed by atoms with Gasteiger partial charge in [0.25, 0.3) is 0 Å². The van der Waals surface area contributed by atoms with Crippen LogP contribution < -0.4 is 0 Å². The standard InChI is InChI=1S/C15H13NO/c17-9-3-4-11-7-8-15-13(10-11)12-5-1-2-6-14(12)16-15/h7-10,16H,1-2,5-6H2. The molecule has 3 rings (SSSR count). The van der Waals surface area contributed by atoms with Crippen LogP contribution in [0.1, 0.15) is 29.7 Å². The molecule has 1 aliphatic carbocycles. The molecule has 0 atom stereocenters. The summed E-state index contributed by atoms with van der Waals surface area (Å²) in [6.07, 6.45) is 5.48. The van der Waals surface area contributed by atoms with E-state index in [1.54, 1.807) is 0 Å². The zero-order valence-corrected chi connectivity index (χ0v) is 9.55. The average Bonchev–Trinajstić information content (AvgIpc) is 2.74. The number of hydrogen-bond donors (Lipinski definition) is 1. The second-order valence-electron chi connectivity index (χ2n) is 4.44. The molecule has 1 aromatic carbocycles. The normalized spacial score (nSPS) is 13.9. The Balaban J connectivity index is 2.17. The Hall–Kier alpha value is -2.01. The first kappa shape index (κ1) is 10.2. The minimum Gasteiger partial charge on any atom is -0.358 e. The smallest absolute Gasteiger partial charge is 0.193 e. The molecular formula is C15H13NO. The van der Waals surface area contributed by atoms with Crippen LogP contribution in [0.25, 0.3) is 10.9 Å². The Morgan fingerprint density at radius 1 is 1.24 bits per heavy atom. The molecule has 0 unspecified atom stereocenters. The number of carbonyl (C=O) groups is 1. The van der Waals surface area contributed by atoms with Crippen LogP contribution in [0.5, 0.6) is 0 Å². The van der Waals surface area contributed by atoms with Gasteiger partial charge in [0.15, 0.2) is 6.29 Å². The molecule has 0 fully saturated rings. The van der Waals surface area contributed by atoms with Gasteiger partial charge in [0, 0.05) is 22.2 Å². The van der Waals surface area contributed by atoms with Gasteiger partial charge in [-0.05, 0) is 55.4 Å². The maximum absolute atomic E-state index is 10.2. The maximum Gasteiger partial charge on any atom is 0.193 e. The minimum absolute atomic E-state index is 0.636. The highest BCUT2D eigenvalue weighted by Gasteiger charge is 2.14. The van der Waals surface area contributed by atoms with Gasteiger partial charge in [0.05, 0.1) is 0 Å². The van der Waals surface area contributed by atoms with Crippen LogP contribution in [0, 0.1) is 11.8 Å². The maximum atomic E-state index is 10.2. The van der Waals surface area contributed by atoms with Gasteiger partial charge in [-0.25, -0.2) is 0 Å². The number of hydrogen-bond acceptors (Lipinski definition) is 1. The highest BCUT2D eigenvalue weighted by Crippen LogP contribution is 2.29. The lowest BCUT2D eigenvalue weighted by molar-refractivity contribution is -0.103. The number of aldehydes is 1. The Bertz CT molecular complexity index is 640. The summed E-state index contributed by atoms with van der Waals surface area (Å²) in [5.41, 5.74) is 4.93. The molecule has 0 bridgehead atoms. The van der Waals surface area contributed by atoms with E-state index >= 15 is 0 Å². The van der Waals surface area contributed by atoms with E-state index in [0.29, 0.717) is 6.29 Å². The number of aromatic amines is 1. The van der Waals surface area contributed by atoms with Gasteiger partial charge in [-0.2, -0.15) is 0 Å². The number of aryl methyl sites for hydroxylation is 2. The van der Waals surface area contributed by atoms with E-state index in [1.807, 2.05) is 6.07 Å². The molecule has 0 aliphatic heterocycles. The summed E-state index contributed by atoms with van der Waals surface area (Å²) in [7, 11) is 0. The zero-order chi connectivity index (χ0) is 11.7. The van der Waals surface area contributed by atoms with Gasteiger partial charge in [-0.15, -0.1) is 0 Å². The Kier molecular flexibility index (Phi) is 2.45. The minimum atomic E-state index is 0.636. The molecule has 0 amide bonds. The van der Waals surface area contributed by atoms with E-state index in [1.165, 1.54) is 35.0 Å². The number of fused-ring (bicyclic) bond motifs is 3. The third-order valence-corrected chi connectivity index (χ3v) is 3.37. The lowest BCUT2D eigenvalue weighted by atomic mass is 9.95. The summed E-state index contributed by atoms with van der Waals surface area (Å²) in [5.74, 6) is 5.31. The molecule has 0 saturated carbocycles. The summed E-state index contributed by atoms with van der Waals surface area (Å²) >= 11 is 0. The van der Waals surface area contributed by atoms with Crippen molar-refractivity contribution in [2.75, 3.05) is 0 Å². The van der Waals surface area contributed by atoms with Crippen molar-refractivity contribution in [3.63, 3.8) is 0 Å². The molecule has 1 aromatic heterocycles. The second-order valence-corrected chi connectivity index (χ2v) is 4.44. The number of H-pyrrole nitrogens is 1. The number of aromatic nitrogens is 1. The fourth-order valence-corrected chi connectivity index (χ4v) is 2.60. The molecule has 0 spiro atoms. The second kappa shape index (κ2) is 4.10. The van der Waals surface area contributed by atoms with Crippen LogP contribution >= 0.6 is 0 Å². The number of nitrogens with one attached hydrogen (secondary N) is 1. The van der Waals surface area contributed by atoms with Gasteiger partial charge in [-0.1, -0.05) is 5.92 Å². The average molecular weight is 223 g/mol. The predicted octanol–water partition coefficient (Wildman–Crippen LogP) is 2.60. The number of carbonyl (C=O) groups excluding carboxylic acids is 1. The van der Waals surface area contributed by atoms with Crippen LogP contribution in [0.4, 0.5) is 0 Å². The third kappa shape index (κ3) is 1.74. The first-order chi connectivity index (χ1) is 8.38. The van der Waals surface area contributed by atoms with E-state index in [9.17, 15) is 4.79 Å². The van der Waals surface area contributed by atoms with Crippen LogP contribution in [0.3, 0.4) is 0 Å². The Labute approximate surface area is 100 Å². The fraction of sp³-hybridized carbons (Fsp3) is 0.267. The van der Waals surface area contributed by atoms with E-state index in [2.05, 4.69) is 29.0 Å². The molecule has 84 valence electrons. The fourth-order valence-electron chi connectivity index (χ4n) is 2.60. The molecule has 1 heterocycles. The SMILES string of the molecule is O=CC#Cc1ccc2[nH]c3c(c2c1)CCCC3. The van der Waals surface area contributed by atoms with Crippen molar-refractivity contribution in [3.8, 4) is 11.8 Å². The van der Waals surface area contributed by atoms with Crippen LogP contribution in [0.15, 0.2) is 18.2 Å². The number of benzene rings is 1. The van der Waals surface area contributed by atoms with Crippen molar-refractivity contribution in [2.24, 2.45) is 0 Å². The van der Waals surface area contributed by atoms with E-state index in [-0.39, 0.29) is 0 Å². The highest BCUT2D eigenvalue weighted by molar-refractivity contribution is 5.86. The van der Waals surface area contributed by atoms with Crippen molar-refractivity contribution in [2.45, 2.75) is 25.7 Å². The molecule has 17 heavy (non-hydrogen) atoms. The monoisotopic (exact) mass is 223 g/mol. The van der Waals surface area contributed by atoms with Crippen LogP contribution in [0.2, 0.25) is 0 Å². The van der Waals surface area contributed by atoms with Crippen molar-refractivity contribution in [3.05, 3.63) is 35.0 Å². The highest BCUT2D eigenvalue weighted by atomic mass is 16.1. The molecule has 0 saturated heterocycles. The van der Waals surface area contributed by atoms with Gasteiger partial charge >= 0.3 is 0 Å². The first-order valence-electron chi connectivity index (χ1n) is 5.97. The van der Waals surface area contributed by atoms with E-state index in [0.717, 1.165) is 18.4 Å². The topological polar surface area (TPSA) is 32.9 Å². The van der Waals surface area contributed by atoms with Gasteiger partial charge in [0.1, 0.15) is 0 Å². The van der Waals surface area contributed by atoms with Gasteiger partial charge in [0.2, 0.25) is 0 Å². The van der Waals surface area contributed by atoms with E-state index in [4.69, 9.17) is 0 Å². The summed E-state index contributed by atoms with van der Waals surface area (Å²) in [6.45, 7) is 0. The van der Waals surface area contributed by atoms with Crippen molar-refractivity contribution in [1.29, 1.82) is 0 Å². The molecule has 0 radical (unpaired) electrons. The zero-order valence-electron chi connectivity index (χ0n) is 9.55. The van der Waals surface area contributed by atoms with Gasteiger partial charge < -0.3 is 4.98 Å². The summed E-state index contributed by atoms with van der Waals surface area (Å²) in [5, 5.41) is 1.28. The van der Waals surface area contributed by atoms with Crippen molar-refractivity contribution in [1.82, 2.24) is 4.98 Å². The summed E-state index contributed by atoms with van der Waals surface area (Å²) < 4.78 is 0. The largest absolute Gasteiger partial charge is 0.358 e. The lowest BCUT2D eigenvalue weighted by Gasteiger charge is -2.10. The molecule has 1 N–H and O–H groups in total. The first-order valence-corrected chi connectivity index (χ1v) is 5.97. The predicted molar refractivity (Wildman–Crippen MR) is 67.9 cm³/mol. The molecular weight excluding hydrogens is 210 g/mol. The van der Waals surface area contributed by atoms with Crippen LogP contribution in [-0.2, 0) is 17.6 Å². The van der Waals surface area contributed by atoms with Crippen molar-refractivity contribution >= 4 is 17.2 Å². The molecule has 2 heteroatoms. The Morgan fingerprint density at radius 3 is 3.00 bits per heavy atom. The van der Waals surface area contributed by atoms with Gasteiger partial charge in [-0.3, -0.25) is 4.79 Å². The number of rotatable bonds is 0. The van der Waals surface area contributed by atoms with Crippen molar-refractivity contribution < 1.29 is 4.79 Å². The molecule has 1 aliphatic rings. The summed E-state index contributed by atoms with van der Waals surface area (Å²) in [6, 6.07) is 6.11. The summed E-state index contributed by atoms with van der Waals surface area (Å²) in [4.78, 5) is 13.7. The molecule has 2 nitrogen and oxygen atoms in total. The quantitative estimate of drug-likeness (QED) is 0.540. The van der Waals surface area contributed by atoms with E-state index < -0.39 is 0 Å². The third-order valence-electron chi connectivity index (χ3n) is 3.37. The lowest BCUT2D eigenvalue weighted by Crippen LogP contribution is -1.99.